The zero-order valence-corrected chi connectivity index (χ0v) is 21.9. The standard InChI is InChI=1S/C30H26BrFN2O3/c1-2-20-8-12-23(33-19-20)16-17-36-24-13-9-21(10-14-24)28-29(37-25-6-4-3-5-7-25)30(35)34(28)27-15-11-22(32)18-26(27)31/h3-15,18-19,28-29H,2,16-17H2,1H3. The van der Waals surface area contributed by atoms with Crippen molar-refractivity contribution < 1.29 is 18.7 Å². The number of ether oxygens (including phenoxy) is 2. The van der Waals surface area contributed by atoms with Crippen molar-refractivity contribution in [2.24, 2.45) is 0 Å². The predicted molar refractivity (Wildman–Crippen MR) is 144 cm³/mol. The minimum Gasteiger partial charge on any atom is -0.493 e. The Bertz CT molecular complexity index is 1360. The average molecular weight is 561 g/mol. The molecule has 2 unspecified atom stereocenters. The van der Waals surface area contributed by atoms with E-state index in [1.165, 1.54) is 17.7 Å². The first-order valence-corrected chi connectivity index (χ1v) is 13.0. The number of β-lactam (4-membered cyclic amide) rings is 1. The van der Waals surface area contributed by atoms with Gasteiger partial charge in [-0.3, -0.25) is 14.7 Å². The number of carbonyl (C=O) groups excluding carboxylic acids is 1. The van der Waals surface area contributed by atoms with Gasteiger partial charge in [-0.1, -0.05) is 43.3 Å². The maximum Gasteiger partial charge on any atom is 0.271 e. The first kappa shape index (κ1) is 25.0. The summed E-state index contributed by atoms with van der Waals surface area (Å²) >= 11 is 3.40. The van der Waals surface area contributed by atoms with Gasteiger partial charge in [0.2, 0.25) is 6.10 Å². The van der Waals surface area contributed by atoms with Gasteiger partial charge in [-0.05, 0) is 82.0 Å². The van der Waals surface area contributed by atoms with Gasteiger partial charge in [-0.15, -0.1) is 0 Å². The Morgan fingerprint density at radius 2 is 1.76 bits per heavy atom. The summed E-state index contributed by atoms with van der Waals surface area (Å²) in [5, 5.41) is 0. The van der Waals surface area contributed by atoms with Crippen molar-refractivity contribution in [3.05, 3.63) is 118 Å². The first-order chi connectivity index (χ1) is 18.0. The van der Waals surface area contributed by atoms with Crippen molar-refractivity contribution in [1.29, 1.82) is 0 Å². The van der Waals surface area contributed by atoms with Crippen LogP contribution in [0.5, 0.6) is 11.5 Å². The molecule has 1 aliphatic rings. The lowest BCUT2D eigenvalue weighted by Gasteiger charge is -2.47. The molecule has 37 heavy (non-hydrogen) atoms. The van der Waals surface area contributed by atoms with Gasteiger partial charge in [0.15, 0.2) is 0 Å². The smallest absolute Gasteiger partial charge is 0.271 e. The lowest BCUT2D eigenvalue weighted by Crippen LogP contribution is -2.61. The van der Waals surface area contributed by atoms with E-state index in [0.29, 0.717) is 28.9 Å². The number of hydrogen-bond acceptors (Lipinski definition) is 4. The molecule has 0 radical (unpaired) electrons. The number of pyridine rings is 1. The molecule has 1 aromatic heterocycles. The number of anilines is 1. The summed E-state index contributed by atoms with van der Waals surface area (Å²) in [5.74, 6) is 0.775. The molecule has 5 rings (SSSR count). The Morgan fingerprint density at radius 3 is 2.43 bits per heavy atom. The molecule has 5 nitrogen and oxygen atoms in total. The van der Waals surface area contributed by atoms with E-state index in [0.717, 1.165) is 23.4 Å². The van der Waals surface area contributed by atoms with E-state index >= 15 is 0 Å². The highest BCUT2D eigenvalue weighted by Crippen LogP contribution is 2.44. The van der Waals surface area contributed by atoms with Gasteiger partial charge in [0.05, 0.1) is 12.3 Å². The zero-order valence-electron chi connectivity index (χ0n) is 20.3. The number of amides is 1. The minimum atomic E-state index is -0.705. The van der Waals surface area contributed by atoms with Gasteiger partial charge >= 0.3 is 0 Å². The van der Waals surface area contributed by atoms with Crippen LogP contribution in [0.2, 0.25) is 0 Å². The molecular formula is C30H26BrFN2O3. The molecule has 0 saturated carbocycles. The molecule has 2 atom stereocenters. The van der Waals surface area contributed by atoms with Crippen molar-refractivity contribution in [2.45, 2.75) is 31.9 Å². The molecule has 1 fully saturated rings. The maximum absolute atomic E-state index is 13.7. The first-order valence-electron chi connectivity index (χ1n) is 12.2. The molecule has 1 amide bonds. The molecule has 2 heterocycles. The van der Waals surface area contributed by atoms with Crippen LogP contribution in [0, 0.1) is 5.82 Å². The van der Waals surface area contributed by atoms with E-state index in [4.69, 9.17) is 9.47 Å². The third-order valence-electron chi connectivity index (χ3n) is 6.36. The van der Waals surface area contributed by atoms with Gasteiger partial charge in [0.25, 0.3) is 5.91 Å². The van der Waals surface area contributed by atoms with E-state index in [1.807, 2.05) is 66.9 Å². The van der Waals surface area contributed by atoms with Crippen molar-refractivity contribution in [2.75, 3.05) is 11.5 Å². The lowest BCUT2D eigenvalue weighted by molar-refractivity contribution is -0.135. The largest absolute Gasteiger partial charge is 0.493 e. The fraction of sp³-hybridized carbons (Fsp3) is 0.200. The number of carbonyl (C=O) groups is 1. The van der Waals surface area contributed by atoms with E-state index in [-0.39, 0.29) is 17.8 Å². The second kappa shape index (κ2) is 11.1. The summed E-state index contributed by atoms with van der Waals surface area (Å²) in [6, 6.07) is 25.0. The highest BCUT2D eigenvalue weighted by molar-refractivity contribution is 9.10. The van der Waals surface area contributed by atoms with E-state index in [9.17, 15) is 9.18 Å². The monoisotopic (exact) mass is 560 g/mol. The number of nitrogens with zero attached hydrogens (tertiary/aromatic N) is 2. The normalized spacial score (nSPS) is 16.8. The maximum atomic E-state index is 13.7. The Kier molecular flexibility index (Phi) is 7.51. The number of halogens is 2. The Balaban J connectivity index is 1.32. The molecule has 1 saturated heterocycles. The zero-order chi connectivity index (χ0) is 25.8. The van der Waals surface area contributed by atoms with Crippen LogP contribution >= 0.6 is 15.9 Å². The average Bonchev–Trinajstić information content (AvgIpc) is 2.92. The minimum absolute atomic E-state index is 0.192. The summed E-state index contributed by atoms with van der Waals surface area (Å²) in [5.41, 5.74) is 3.68. The summed E-state index contributed by atoms with van der Waals surface area (Å²) in [4.78, 5) is 19.3. The van der Waals surface area contributed by atoms with Crippen LogP contribution in [-0.2, 0) is 17.6 Å². The molecular weight excluding hydrogens is 535 g/mol. The van der Waals surface area contributed by atoms with Gasteiger partial charge in [0, 0.05) is 22.8 Å². The topological polar surface area (TPSA) is 51.7 Å². The highest BCUT2D eigenvalue weighted by Gasteiger charge is 2.51. The van der Waals surface area contributed by atoms with Crippen LogP contribution in [0.15, 0.2) is 95.6 Å². The van der Waals surface area contributed by atoms with Crippen LogP contribution in [0.3, 0.4) is 0 Å². The molecule has 7 heteroatoms. The van der Waals surface area contributed by atoms with Crippen molar-refractivity contribution in [3.8, 4) is 11.5 Å². The Hall–Kier alpha value is -3.71. The van der Waals surface area contributed by atoms with Gasteiger partial charge in [0.1, 0.15) is 23.4 Å². The molecule has 0 bridgehead atoms. The van der Waals surface area contributed by atoms with Crippen LogP contribution < -0.4 is 14.4 Å². The van der Waals surface area contributed by atoms with Crippen molar-refractivity contribution >= 4 is 27.5 Å². The van der Waals surface area contributed by atoms with Crippen LogP contribution in [0.4, 0.5) is 10.1 Å². The lowest BCUT2D eigenvalue weighted by atomic mass is 9.89. The quantitative estimate of drug-likeness (QED) is 0.214. The number of para-hydroxylation sites is 1. The van der Waals surface area contributed by atoms with E-state index in [2.05, 4.69) is 33.9 Å². The van der Waals surface area contributed by atoms with Crippen LogP contribution in [-0.4, -0.2) is 23.6 Å². The molecule has 0 N–H and O–H groups in total. The predicted octanol–water partition coefficient (Wildman–Crippen LogP) is 6.70. The van der Waals surface area contributed by atoms with Crippen LogP contribution in [0.25, 0.3) is 0 Å². The second-order valence-electron chi connectivity index (χ2n) is 8.78. The SMILES string of the molecule is CCc1ccc(CCOc2ccc(C3C(Oc4ccccc4)C(=O)N3c3ccc(F)cc3Br)cc2)nc1. The van der Waals surface area contributed by atoms with E-state index in [1.54, 1.807) is 11.0 Å². The third-order valence-corrected chi connectivity index (χ3v) is 7.00. The summed E-state index contributed by atoms with van der Waals surface area (Å²) in [6.07, 6.45) is 2.88. The van der Waals surface area contributed by atoms with Gasteiger partial charge in [-0.2, -0.15) is 0 Å². The molecule has 4 aromatic rings. The van der Waals surface area contributed by atoms with E-state index < -0.39 is 6.10 Å². The number of benzene rings is 3. The third kappa shape index (κ3) is 5.52. The number of aromatic nitrogens is 1. The summed E-state index contributed by atoms with van der Waals surface area (Å²) in [6.45, 7) is 2.62. The Labute approximate surface area is 224 Å². The summed E-state index contributed by atoms with van der Waals surface area (Å²) in [7, 11) is 0. The molecule has 0 spiro atoms. The summed E-state index contributed by atoms with van der Waals surface area (Å²) < 4.78 is 26.3. The number of rotatable bonds is 9. The Morgan fingerprint density at radius 1 is 0.973 bits per heavy atom. The number of hydrogen-bond donors (Lipinski definition) is 0. The number of aryl methyl sites for hydroxylation is 1. The van der Waals surface area contributed by atoms with Gasteiger partial charge < -0.3 is 9.47 Å². The van der Waals surface area contributed by atoms with Gasteiger partial charge in [-0.25, -0.2) is 4.39 Å². The fourth-order valence-electron chi connectivity index (χ4n) is 4.34. The van der Waals surface area contributed by atoms with Crippen LogP contribution in [0.1, 0.15) is 29.8 Å². The van der Waals surface area contributed by atoms with Crippen molar-refractivity contribution in [1.82, 2.24) is 4.98 Å². The molecule has 188 valence electrons. The van der Waals surface area contributed by atoms with Crippen molar-refractivity contribution in [3.63, 3.8) is 0 Å². The molecule has 3 aromatic carbocycles. The molecule has 0 aliphatic carbocycles. The fourth-order valence-corrected chi connectivity index (χ4v) is 4.88. The molecule has 1 aliphatic heterocycles. The highest BCUT2D eigenvalue weighted by atomic mass is 79.9. The second-order valence-corrected chi connectivity index (χ2v) is 9.63.